The quantitative estimate of drug-likeness (QED) is 0.160. The molecule has 0 saturated carbocycles. The second-order valence-electron chi connectivity index (χ2n) is 12.2. The lowest BCUT2D eigenvalue weighted by molar-refractivity contribution is 0.475. The van der Waals surface area contributed by atoms with E-state index in [2.05, 4.69) is 125 Å². The molecule has 55 heavy (non-hydrogen) atoms. The second-order valence-corrected chi connectivity index (χ2v) is 12.2. The topological polar surface area (TPSA) is 60.7 Å². The number of phenolic OH excluding ortho intramolecular Hbond substituents is 3. The second kappa shape index (κ2) is 27.5. The first-order valence-corrected chi connectivity index (χ1v) is 19.4. The van der Waals surface area contributed by atoms with Crippen LogP contribution in [0.15, 0.2) is 188 Å². The fourth-order valence-corrected chi connectivity index (χ4v) is 5.02. The molecule has 0 radical (unpaired) electrons. The third kappa shape index (κ3) is 18.5. The molecular weight excluding hydrogens is 673 g/mol. The zero-order valence-corrected chi connectivity index (χ0v) is 33.6. The van der Waals surface area contributed by atoms with Gasteiger partial charge in [-0.05, 0) is 107 Å². The number of benzene rings is 7. The predicted molar refractivity (Wildman–Crippen MR) is 237 cm³/mol. The van der Waals surface area contributed by atoms with Gasteiger partial charge in [-0.3, -0.25) is 0 Å². The van der Waals surface area contributed by atoms with E-state index in [0.717, 1.165) is 25.7 Å². The Kier molecular flexibility index (Phi) is 22.6. The zero-order valence-electron chi connectivity index (χ0n) is 33.6. The summed E-state index contributed by atoms with van der Waals surface area (Å²) >= 11 is 0. The third-order valence-corrected chi connectivity index (χ3v) is 8.38. The minimum absolute atomic E-state index is 0.322. The number of hydrogen-bond acceptors (Lipinski definition) is 3. The van der Waals surface area contributed by atoms with Crippen LogP contribution in [0.1, 0.15) is 63.8 Å². The summed E-state index contributed by atoms with van der Waals surface area (Å²) in [5, 5.41) is 25.9. The van der Waals surface area contributed by atoms with Crippen LogP contribution in [0.2, 0.25) is 0 Å². The van der Waals surface area contributed by atoms with Gasteiger partial charge in [0, 0.05) is 0 Å². The van der Waals surface area contributed by atoms with Gasteiger partial charge in [0.1, 0.15) is 17.2 Å². The number of para-hydroxylation sites is 3. The molecule has 0 unspecified atom stereocenters. The first-order chi connectivity index (χ1) is 26.8. The minimum Gasteiger partial charge on any atom is -0.508 e. The largest absolute Gasteiger partial charge is 0.508 e. The average molecular weight is 733 g/mol. The summed E-state index contributed by atoms with van der Waals surface area (Å²) in [7, 11) is 0. The van der Waals surface area contributed by atoms with E-state index in [0.29, 0.717) is 17.2 Å². The zero-order chi connectivity index (χ0) is 40.1. The van der Waals surface area contributed by atoms with Gasteiger partial charge in [0.25, 0.3) is 0 Å². The molecule has 0 atom stereocenters. The highest BCUT2D eigenvalue weighted by molar-refractivity contribution is 5.64. The van der Waals surface area contributed by atoms with Crippen molar-refractivity contribution in [1.82, 2.24) is 0 Å². The van der Waals surface area contributed by atoms with E-state index in [1.54, 1.807) is 72.8 Å². The SMILES string of the molecule is CC.CCc1ccc(-c2ccc(CC)cc2)cc1.CCc1ccc(-c2ccc(CC)cc2)cc1.Oc1ccccc1.Oc1ccccc1.Oc1ccccc1. The van der Waals surface area contributed by atoms with Gasteiger partial charge in [0.15, 0.2) is 0 Å². The molecule has 3 N–H and O–H groups in total. The Morgan fingerprint density at radius 3 is 0.527 bits per heavy atom. The lowest BCUT2D eigenvalue weighted by atomic mass is 10.0. The number of phenols is 3. The van der Waals surface area contributed by atoms with Crippen molar-refractivity contribution in [3.63, 3.8) is 0 Å². The number of aryl methyl sites for hydroxylation is 4. The first kappa shape index (κ1) is 45.1. The lowest BCUT2D eigenvalue weighted by Gasteiger charge is -2.04. The number of rotatable bonds is 6. The van der Waals surface area contributed by atoms with Gasteiger partial charge < -0.3 is 15.3 Å². The molecule has 0 fully saturated rings. The van der Waals surface area contributed by atoms with Crippen LogP contribution in [0.5, 0.6) is 17.2 Å². The number of aromatic hydroxyl groups is 3. The van der Waals surface area contributed by atoms with Crippen LogP contribution in [0.25, 0.3) is 22.3 Å². The average Bonchev–Trinajstić information content (AvgIpc) is 3.26. The van der Waals surface area contributed by atoms with Gasteiger partial charge in [0.05, 0.1) is 0 Å². The van der Waals surface area contributed by atoms with Crippen LogP contribution in [0.3, 0.4) is 0 Å². The summed E-state index contributed by atoms with van der Waals surface area (Å²) in [5.74, 6) is 0.965. The van der Waals surface area contributed by atoms with Gasteiger partial charge in [-0.2, -0.15) is 0 Å². The van der Waals surface area contributed by atoms with Crippen LogP contribution in [-0.4, -0.2) is 15.3 Å². The molecule has 0 heterocycles. The van der Waals surface area contributed by atoms with Crippen molar-refractivity contribution in [2.75, 3.05) is 0 Å². The van der Waals surface area contributed by atoms with Gasteiger partial charge >= 0.3 is 0 Å². The Labute approximate surface area is 331 Å². The summed E-state index contributed by atoms with van der Waals surface area (Å²) in [5.41, 5.74) is 10.8. The summed E-state index contributed by atoms with van der Waals surface area (Å²) < 4.78 is 0. The Morgan fingerprint density at radius 1 is 0.255 bits per heavy atom. The van der Waals surface area contributed by atoms with E-state index in [9.17, 15) is 0 Å². The third-order valence-electron chi connectivity index (χ3n) is 8.38. The summed E-state index contributed by atoms with van der Waals surface area (Å²) in [6.07, 6.45) is 4.42. The van der Waals surface area contributed by atoms with Crippen molar-refractivity contribution in [2.45, 2.75) is 67.2 Å². The standard InChI is InChI=1S/2C16H18.3C6H6O.C2H6/c2*1-3-13-5-9-15(10-6-13)16-11-7-14(4-2)8-12-16;3*7-6-4-2-1-3-5-6;1-2/h2*5-12H,3-4H2,1-2H3;3*1-5,7H;1-2H3. The normalized spacial score (nSPS) is 9.42. The molecule has 0 amide bonds. The van der Waals surface area contributed by atoms with E-state index < -0.39 is 0 Å². The lowest BCUT2D eigenvalue weighted by Crippen LogP contribution is -1.83. The minimum atomic E-state index is 0.322. The van der Waals surface area contributed by atoms with E-state index in [1.165, 1.54) is 44.5 Å². The Morgan fingerprint density at radius 2 is 0.418 bits per heavy atom. The van der Waals surface area contributed by atoms with E-state index in [-0.39, 0.29) is 0 Å². The van der Waals surface area contributed by atoms with Crippen LogP contribution < -0.4 is 0 Å². The maximum atomic E-state index is 8.63. The Bertz CT molecular complexity index is 1650. The molecule has 0 aromatic heterocycles. The first-order valence-electron chi connectivity index (χ1n) is 19.4. The summed E-state index contributed by atoms with van der Waals surface area (Å²) in [6, 6.07) is 61.5. The monoisotopic (exact) mass is 732 g/mol. The van der Waals surface area contributed by atoms with E-state index in [4.69, 9.17) is 15.3 Å². The maximum absolute atomic E-state index is 8.63. The van der Waals surface area contributed by atoms with Gasteiger partial charge in [0.2, 0.25) is 0 Å². The Balaban J connectivity index is 0.000000248. The summed E-state index contributed by atoms with van der Waals surface area (Å²) in [4.78, 5) is 0. The van der Waals surface area contributed by atoms with Gasteiger partial charge in [-0.1, -0.05) is 193 Å². The van der Waals surface area contributed by atoms with Gasteiger partial charge in [-0.15, -0.1) is 0 Å². The smallest absolute Gasteiger partial charge is 0.115 e. The van der Waals surface area contributed by atoms with Crippen LogP contribution in [0.4, 0.5) is 0 Å². The molecule has 286 valence electrons. The fraction of sp³-hybridized carbons (Fsp3) is 0.192. The molecule has 0 bridgehead atoms. The molecule has 7 aromatic rings. The number of hydrogen-bond donors (Lipinski definition) is 3. The van der Waals surface area contributed by atoms with Gasteiger partial charge in [-0.25, -0.2) is 0 Å². The van der Waals surface area contributed by atoms with Crippen molar-refractivity contribution in [3.05, 3.63) is 210 Å². The maximum Gasteiger partial charge on any atom is 0.115 e. The van der Waals surface area contributed by atoms with Crippen LogP contribution in [-0.2, 0) is 25.7 Å². The highest BCUT2D eigenvalue weighted by Gasteiger charge is 1.99. The molecule has 0 aliphatic carbocycles. The van der Waals surface area contributed by atoms with Crippen molar-refractivity contribution >= 4 is 0 Å². The Hall–Kier alpha value is -6.06. The van der Waals surface area contributed by atoms with E-state index in [1.807, 2.05) is 32.0 Å². The molecule has 3 nitrogen and oxygen atoms in total. The molecular formula is C52H60O3. The molecule has 0 spiro atoms. The van der Waals surface area contributed by atoms with E-state index >= 15 is 0 Å². The highest BCUT2D eigenvalue weighted by atomic mass is 16.3. The van der Waals surface area contributed by atoms with Crippen LogP contribution >= 0.6 is 0 Å². The molecule has 3 heteroatoms. The molecule has 7 aromatic carbocycles. The molecule has 0 aliphatic rings. The van der Waals surface area contributed by atoms with Crippen molar-refractivity contribution in [3.8, 4) is 39.5 Å². The van der Waals surface area contributed by atoms with Crippen molar-refractivity contribution < 1.29 is 15.3 Å². The molecule has 0 saturated heterocycles. The predicted octanol–water partition coefficient (Wildman–Crippen LogP) is 14.2. The van der Waals surface area contributed by atoms with Crippen LogP contribution in [0, 0.1) is 0 Å². The summed E-state index contributed by atoms with van der Waals surface area (Å²) in [6.45, 7) is 12.7. The molecule has 7 rings (SSSR count). The fourth-order valence-electron chi connectivity index (χ4n) is 5.02. The molecule has 0 aliphatic heterocycles. The van der Waals surface area contributed by atoms with Crippen molar-refractivity contribution in [1.29, 1.82) is 0 Å². The highest BCUT2D eigenvalue weighted by Crippen LogP contribution is 2.22. The van der Waals surface area contributed by atoms with Crippen molar-refractivity contribution in [2.24, 2.45) is 0 Å².